The van der Waals surface area contributed by atoms with E-state index in [1.807, 2.05) is 48.5 Å². The van der Waals surface area contributed by atoms with Gasteiger partial charge in [-0.25, -0.2) is 0 Å². The van der Waals surface area contributed by atoms with Crippen molar-refractivity contribution in [1.82, 2.24) is 5.32 Å². The number of benzene rings is 2. The molecule has 0 saturated heterocycles. The van der Waals surface area contributed by atoms with E-state index in [0.29, 0.717) is 18.2 Å². The van der Waals surface area contributed by atoms with Gasteiger partial charge in [0.05, 0.1) is 12.0 Å². The Balaban J connectivity index is 1.71. The number of ether oxygens (including phenoxy) is 1. The molecule has 120 valence electrons. The quantitative estimate of drug-likeness (QED) is 0.874. The molecule has 3 rings (SSSR count). The molecule has 0 aliphatic heterocycles. The van der Waals surface area contributed by atoms with Crippen molar-refractivity contribution in [3.8, 4) is 0 Å². The number of amides is 1. The van der Waals surface area contributed by atoms with E-state index in [4.69, 9.17) is 16.3 Å². The summed E-state index contributed by atoms with van der Waals surface area (Å²) in [5.74, 6) is 0.0759. The third-order valence-electron chi connectivity index (χ3n) is 4.42. The van der Waals surface area contributed by atoms with Crippen molar-refractivity contribution in [2.24, 2.45) is 0 Å². The van der Waals surface area contributed by atoms with Gasteiger partial charge in [0.2, 0.25) is 5.91 Å². The third-order valence-corrected chi connectivity index (χ3v) is 4.65. The Morgan fingerprint density at radius 1 is 1.17 bits per heavy atom. The van der Waals surface area contributed by atoms with Crippen LogP contribution in [0.1, 0.15) is 29.5 Å². The van der Waals surface area contributed by atoms with E-state index in [-0.39, 0.29) is 5.91 Å². The molecule has 0 radical (unpaired) electrons. The molecule has 1 fully saturated rings. The van der Waals surface area contributed by atoms with E-state index in [1.54, 1.807) is 7.11 Å². The van der Waals surface area contributed by atoms with E-state index >= 15 is 0 Å². The van der Waals surface area contributed by atoms with Gasteiger partial charge in [-0.1, -0.05) is 48.0 Å². The second-order valence-corrected chi connectivity index (χ2v) is 6.41. The van der Waals surface area contributed by atoms with E-state index in [9.17, 15) is 4.79 Å². The number of hydrogen-bond acceptors (Lipinski definition) is 2. The monoisotopic (exact) mass is 329 g/mol. The highest BCUT2D eigenvalue weighted by Gasteiger charge is 2.51. The molecule has 0 bridgehead atoms. The Morgan fingerprint density at radius 3 is 2.57 bits per heavy atom. The number of carbonyl (C=O) groups is 1. The van der Waals surface area contributed by atoms with Crippen LogP contribution < -0.4 is 5.32 Å². The molecule has 0 atom stereocenters. The minimum atomic E-state index is -0.402. The number of rotatable bonds is 6. The van der Waals surface area contributed by atoms with Gasteiger partial charge in [-0.3, -0.25) is 4.79 Å². The molecule has 1 N–H and O–H groups in total. The van der Waals surface area contributed by atoms with E-state index in [0.717, 1.165) is 29.5 Å². The van der Waals surface area contributed by atoms with Crippen LogP contribution in [0.3, 0.4) is 0 Å². The largest absolute Gasteiger partial charge is 0.380 e. The van der Waals surface area contributed by atoms with Crippen molar-refractivity contribution < 1.29 is 9.53 Å². The van der Waals surface area contributed by atoms with Gasteiger partial charge in [-0.15, -0.1) is 0 Å². The smallest absolute Gasteiger partial charge is 0.230 e. The van der Waals surface area contributed by atoms with Gasteiger partial charge >= 0.3 is 0 Å². The maximum absolute atomic E-state index is 12.7. The van der Waals surface area contributed by atoms with Gasteiger partial charge in [-0.05, 0) is 41.7 Å². The molecule has 1 amide bonds. The maximum Gasteiger partial charge on any atom is 0.230 e. The third kappa shape index (κ3) is 3.41. The minimum absolute atomic E-state index is 0.0759. The molecule has 0 heterocycles. The zero-order chi connectivity index (χ0) is 16.3. The normalized spacial score (nSPS) is 15.2. The first-order valence-corrected chi connectivity index (χ1v) is 8.13. The zero-order valence-corrected chi connectivity index (χ0v) is 13.9. The summed E-state index contributed by atoms with van der Waals surface area (Å²) in [6, 6.07) is 15.6. The lowest BCUT2D eigenvalue weighted by atomic mass is 9.95. The van der Waals surface area contributed by atoms with Crippen LogP contribution in [0.2, 0.25) is 5.02 Å². The summed E-state index contributed by atoms with van der Waals surface area (Å²) < 4.78 is 5.21. The second-order valence-electron chi connectivity index (χ2n) is 5.98. The summed E-state index contributed by atoms with van der Waals surface area (Å²) in [7, 11) is 1.67. The molecule has 1 aliphatic carbocycles. The molecule has 3 nitrogen and oxygen atoms in total. The predicted molar refractivity (Wildman–Crippen MR) is 91.4 cm³/mol. The second kappa shape index (κ2) is 6.73. The van der Waals surface area contributed by atoms with Crippen LogP contribution in [0.15, 0.2) is 48.5 Å². The fraction of sp³-hybridized carbons (Fsp3) is 0.316. The Labute approximate surface area is 141 Å². The lowest BCUT2D eigenvalue weighted by Gasteiger charge is -2.17. The molecule has 0 spiro atoms. The molecule has 0 unspecified atom stereocenters. The fourth-order valence-electron chi connectivity index (χ4n) is 2.93. The molecule has 2 aromatic carbocycles. The molecule has 2 aromatic rings. The van der Waals surface area contributed by atoms with Crippen LogP contribution in [0.5, 0.6) is 0 Å². The molecular weight excluding hydrogens is 310 g/mol. The van der Waals surface area contributed by atoms with E-state index in [1.165, 1.54) is 0 Å². The summed E-state index contributed by atoms with van der Waals surface area (Å²) in [6.45, 7) is 1.06. The standard InChI is InChI=1S/C19H20ClNO2/c1-23-13-15-6-3-2-5-14(15)12-21-18(22)19(9-10-19)16-7-4-8-17(20)11-16/h2-8,11H,9-10,12-13H2,1H3,(H,21,22). The fourth-order valence-corrected chi connectivity index (χ4v) is 3.12. The zero-order valence-electron chi connectivity index (χ0n) is 13.1. The van der Waals surface area contributed by atoms with Crippen molar-refractivity contribution in [3.05, 3.63) is 70.2 Å². The van der Waals surface area contributed by atoms with Crippen molar-refractivity contribution in [1.29, 1.82) is 0 Å². The van der Waals surface area contributed by atoms with Crippen LogP contribution in [-0.2, 0) is 28.1 Å². The van der Waals surface area contributed by atoms with Gasteiger partial charge in [0.15, 0.2) is 0 Å². The molecule has 1 aliphatic rings. The summed E-state index contributed by atoms with van der Waals surface area (Å²) in [4.78, 5) is 12.7. The first-order chi connectivity index (χ1) is 11.2. The highest BCUT2D eigenvalue weighted by Crippen LogP contribution is 2.48. The van der Waals surface area contributed by atoms with Crippen molar-refractivity contribution in [2.75, 3.05) is 7.11 Å². The Bertz CT molecular complexity index is 710. The highest BCUT2D eigenvalue weighted by atomic mass is 35.5. The first-order valence-electron chi connectivity index (χ1n) is 7.76. The first kappa shape index (κ1) is 16.0. The summed E-state index contributed by atoms with van der Waals surface area (Å²) in [5, 5.41) is 3.75. The van der Waals surface area contributed by atoms with Gasteiger partial charge in [0, 0.05) is 18.7 Å². The maximum atomic E-state index is 12.7. The van der Waals surface area contributed by atoms with Crippen molar-refractivity contribution in [2.45, 2.75) is 31.4 Å². The molecule has 0 aromatic heterocycles. The molecular formula is C19H20ClNO2. The van der Waals surface area contributed by atoms with E-state index in [2.05, 4.69) is 5.32 Å². The lowest BCUT2D eigenvalue weighted by molar-refractivity contribution is -0.123. The predicted octanol–water partition coefficient (Wildman–Crippen LogP) is 3.83. The Kier molecular flexibility index (Phi) is 4.69. The van der Waals surface area contributed by atoms with E-state index < -0.39 is 5.41 Å². The number of nitrogens with one attached hydrogen (secondary N) is 1. The molecule has 4 heteroatoms. The number of methoxy groups -OCH3 is 1. The minimum Gasteiger partial charge on any atom is -0.380 e. The van der Waals surface area contributed by atoms with Gasteiger partial charge < -0.3 is 10.1 Å². The SMILES string of the molecule is COCc1ccccc1CNC(=O)C1(c2cccc(Cl)c2)CC1. The van der Waals surface area contributed by atoms with Gasteiger partial charge in [0.1, 0.15) is 0 Å². The van der Waals surface area contributed by atoms with Crippen LogP contribution in [0.25, 0.3) is 0 Å². The Hall–Kier alpha value is -1.84. The summed E-state index contributed by atoms with van der Waals surface area (Å²) >= 11 is 6.07. The average molecular weight is 330 g/mol. The number of halogens is 1. The van der Waals surface area contributed by atoms with Crippen molar-refractivity contribution in [3.63, 3.8) is 0 Å². The average Bonchev–Trinajstić information content (AvgIpc) is 3.36. The topological polar surface area (TPSA) is 38.3 Å². The van der Waals surface area contributed by atoms with Gasteiger partial charge in [0.25, 0.3) is 0 Å². The van der Waals surface area contributed by atoms with Crippen LogP contribution in [-0.4, -0.2) is 13.0 Å². The highest BCUT2D eigenvalue weighted by molar-refractivity contribution is 6.30. The number of hydrogen-bond donors (Lipinski definition) is 1. The number of carbonyl (C=O) groups excluding carboxylic acids is 1. The van der Waals surface area contributed by atoms with Crippen LogP contribution in [0, 0.1) is 0 Å². The molecule has 1 saturated carbocycles. The summed E-state index contributed by atoms with van der Waals surface area (Å²) in [6.07, 6.45) is 1.75. The van der Waals surface area contributed by atoms with Crippen LogP contribution in [0.4, 0.5) is 0 Å². The van der Waals surface area contributed by atoms with Crippen LogP contribution >= 0.6 is 11.6 Å². The summed E-state index contributed by atoms with van der Waals surface area (Å²) in [5.41, 5.74) is 2.79. The Morgan fingerprint density at radius 2 is 1.91 bits per heavy atom. The lowest BCUT2D eigenvalue weighted by Crippen LogP contribution is -2.34. The van der Waals surface area contributed by atoms with Crippen molar-refractivity contribution >= 4 is 17.5 Å². The van der Waals surface area contributed by atoms with Gasteiger partial charge in [-0.2, -0.15) is 0 Å². The molecule has 23 heavy (non-hydrogen) atoms.